The van der Waals surface area contributed by atoms with E-state index < -0.39 is 24.7 Å². The van der Waals surface area contributed by atoms with Crippen LogP contribution in [0.25, 0.3) is 0 Å². The quantitative estimate of drug-likeness (QED) is 0.392. The molecule has 4 saturated carbocycles. The summed E-state index contributed by atoms with van der Waals surface area (Å²) < 4.78 is 78.3. The number of hydrogen-bond acceptors (Lipinski definition) is 0. The first-order valence-electron chi connectivity index (χ1n) is 11.5. The standard InChI is InChI=1S/C23H34F6/c1-20-11-9-19-17(18(20)6-4-14(20)8-12-22(24,25)26)5-3-15-13-16(23(27,28)29)7-10-21(15,19)2/h14-19H,3-13H2,1-2H3. The average molecular weight is 425 g/mol. The molecule has 0 amide bonds. The Balaban J connectivity index is 1.49. The molecule has 29 heavy (non-hydrogen) atoms. The van der Waals surface area contributed by atoms with Crippen LogP contribution in [-0.2, 0) is 0 Å². The third-order valence-corrected chi connectivity index (χ3v) is 10.1. The van der Waals surface area contributed by atoms with Gasteiger partial charge in [0.15, 0.2) is 0 Å². The first-order valence-corrected chi connectivity index (χ1v) is 11.5. The minimum Gasteiger partial charge on any atom is -0.171 e. The van der Waals surface area contributed by atoms with Gasteiger partial charge in [-0.1, -0.05) is 13.8 Å². The van der Waals surface area contributed by atoms with Gasteiger partial charge in [-0.25, -0.2) is 0 Å². The second kappa shape index (κ2) is 7.05. The van der Waals surface area contributed by atoms with Gasteiger partial charge in [-0.2, -0.15) is 26.3 Å². The van der Waals surface area contributed by atoms with Gasteiger partial charge in [0.25, 0.3) is 0 Å². The van der Waals surface area contributed by atoms with Crippen LogP contribution in [0.4, 0.5) is 26.3 Å². The molecule has 6 heteroatoms. The van der Waals surface area contributed by atoms with Crippen molar-refractivity contribution >= 4 is 0 Å². The van der Waals surface area contributed by atoms with E-state index in [0.29, 0.717) is 24.2 Å². The predicted molar refractivity (Wildman–Crippen MR) is 100 cm³/mol. The predicted octanol–water partition coefficient (Wildman–Crippen LogP) is 8.17. The summed E-state index contributed by atoms with van der Waals surface area (Å²) in [5.74, 6) is 0.544. The number of fused-ring (bicyclic) bond motifs is 5. The van der Waals surface area contributed by atoms with Crippen molar-refractivity contribution in [1.82, 2.24) is 0 Å². The van der Waals surface area contributed by atoms with Crippen LogP contribution in [0.2, 0.25) is 0 Å². The van der Waals surface area contributed by atoms with E-state index in [1.807, 2.05) is 0 Å². The van der Waals surface area contributed by atoms with Gasteiger partial charge in [0, 0.05) is 6.42 Å². The maximum absolute atomic E-state index is 13.3. The van der Waals surface area contributed by atoms with Crippen LogP contribution in [-0.4, -0.2) is 12.4 Å². The Hall–Kier alpha value is -0.420. The highest BCUT2D eigenvalue weighted by atomic mass is 19.4. The summed E-state index contributed by atoms with van der Waals surface area (Å²) in [4.78, 5) is 0. The molecular weight excluding hydrogens is 390 g/mol. The summed E-state index contributed by atoms with van der Waals surface area (Å²) >= 11 is 0. The molecule has 0 aromatic carbocycles. The molecule has 4 fully saturated rings. The van der Waals surface area contributed by atoms with Crippen LogP contribution in [0.5, 0.6) is 0 Å². The fourth-order valence-corrected chi connectivity index (χ4v) is 8.48. The summed E-state index contributed by atoms with van der Waals surface area (Å²) in [5.41, 5.74) is -0.0329. The zero-order chi connectivity index (χ0) is 21.2. The molecule has 0 N–H and O–H groups in total. The van der Waals surface area contributed by atoms with Crippen LogP contribution in [0.15, 0.2) is 0 Å². The lowest BCUT2D eigenvalue weighted by Gasteiger charge is -2.61. The van der Waals surface area contributed by atoms with E-state index in [2.05, 4.69) is 13.8 Å². The van der Waals surface area contributed by atoms with Gasteiger partial charge < -0.3 is 0 Å². The van der Waals surface area contributed by atoms with E-state index >= 15 is 0 Å². The van der Waals surface area contributed by atoms with E-state index in [4.69, 9.17) is 0 Å². The molecule has 0 aromatic rings. The molecule has 4 rings (SSSR count). The van der Waals surface area contributed by atoms with Crippen molar-refractivity contribution in [2.24, 2.45) is 46.3 Å². The molecule has 0 nitrogen and oxygen atoms in total. The highest BCUT2D eigenvalue weighted by Crippen LogP contribution is 2.68. The third kappa shape index (κ3) is 3.73. The van der Waals surface area contributed by atoms with E-state index in [0.717, 1.165) is 38.5 Å². The van der Waals surface area contributed by atoms with Gasteiger partial charge in [-0.3, -0.25) is 0 Å². The van der Waals surface area contributed by atoms with Crippen molar-refractivity contribution in [3.05, 3.63) is 0 Å². The Morgan fingerprint density at radius 1 is 0.759 bits per heavy atom. The molecule has 8 atom stereocenters. The van der Waals surface area contributed by atoms with Crippen molar-refractivity contribution in [2.45, 2.75) is 96.8 Å². The highest BCUT2D eigenvalue weighted by Gasteiger charge is 2.61. The average Bonchev–Trinajstić information content (AvgIpc) is 2.94. The summed E-state index contributed by atoms with van der Waals surface area (Å²) in [5, 5.41) is 0. The summed E-state index contributed by atoms with van der Waals surface area (Å²) in [6.45, 7) is 4.46. The van der Waals surface area contributed by atoms with Gasteiger partial charge in [0.2, 0.25) is 0 Å². The summed E-state index contributed by atoms with van der Waals surface area (Å²) in [7, 11) is 0. The number of hydrogen-bond donors (Lipinski definition) is 0. The molecule has 0 saturated heterocycles. The van der Waals surface area contributed by atoms with E-state index in [1.54, 1.807) is 0 Å². The number of halogens is 6. The minimum atomic E-state index is -4.09. The second-order valence-electron chi connectivity index (χ2n) is 11.1. The molecule has 0 bridgehead atoms. The molecule has 0 spiro atoms. The Morgan fingerprint density at radius 2 is 1.41 bits per heavy atom. The molecule has 0 aliphatic heterocycles. The smallest absolute Gasteiger partial charge is 0.171 e. The van der Waals surface area contributed by atoms with Crippen LogP contribution in [0.3, 0.4) is 0 Å². The van der Waals surface area contributed by atoms with E-state index in [-0.39, 0.29) is 41.9 Å². The normalized spacial score (nSPS) is 48.0. The molecule has 8 unspecified atom stereocenters. The van der Waals surface area contributed by atoms with Crippen molar-refractivity contribution < 1.29 is 26.3 Å². The monoisotopic (exact) mass is 424 g/mol. The molecule has 0 aromatic heterocycles. The maximum Gasteiger partial charge on any atom is 0.391 e. The van der Waals surface area contributed by atoms with E-state index in [1.165, 1.54) is 0 Å². The lowest BCUT2D eigenvalue weighted by atomic mass is 9.44. The fourth-order valence-electron chi connectivity index (χ4n) is 8.48. The minimum absolute atomic E-state index is 0.0151. The van der Waals surface area contributed by atoms with Gasteiger partial charge in [0.1, 0.15) is 0 Å². The third-order valence-electron chi connectivity index (χ3n) is 10.1. The van der Waals surface area contributed by atoms with Gasteiger partial charge in [-0.05, 0) is 105 Å². The molecule has 168 valence electrons. The number of rotatable bonds is 2. The lowest BCUT2D eigenvalue weighted by Crippen LogP contribution is -2.54. The van der Waals surface area contributed by atoms with Crippen molar-refractivity contribution in [2.75, 3.05) is 0 Å². The zero-order valence-electron chi connectivity index (χ0n) is 17.5. The molecule has 0 heterocycles. The number of alkyl halides is 6. The van der Waals surface area contributed by atoms with Gasteiger partial charge in [0.05, 0.1) is 5.92 Å². The first-order chi connectivity index (χ1) is 13.3. The first kappa shape index (κ1) is 21.8. The second-order valence-corrected chi connectivity index (χ2v) is 11.1. The Morgan fingerprint density at radius 3 is 2.07 bits per heavy atom. The van der Waals surface area contributed by atoms with Crippen molar-refractivity contribution in [3.63, 3.8) is 0 Å². The SMILES string of the molecule is CC12CCC3C(CCC4CC(C(F)(F)F)CCC43C)C1CCC2CCC(F)(F)F. The fraction of sp³-hybridized carbons (Fsp3) is 1.00. The van der Waals surface area contributed by atoms with Gasteiger partial charge in [-0.15, -0.1) is 0 Å². The molecule has 0 radical (unpaired) electrons. The summed E-state index contributed by atoms with van der Waals surface area (Å²) in [6, 6.07) is 0. The Labute approximate surface area is 170 Å². The molecule has 4 aliphatic rings. The van der Waals surface area contributed by atoms with Crippen LogP contribution in [0.1, 0.15) is 84.5 Å². The zero-order valence-corrected chi connectivity index (χ0v) is 17.5. The molecule has 4 aliphatic carbocycles. The molecular formula is C23H34F6. The highest BCUT2D eigenvalue weighted by molar-refractivity contribution is 5.09. The van der Waals surface area contributed by atoms with Crippen LogP contribution < -0.4 is 0 Å². The topological polar surface area (TPSA) is 0 Å². The Kier molecular flexibility index (Phi) is 5.30. The van der Waals surface area contributed by atoms with Crippen LogP contribution >= 0.6 is 0 Å². The van der Waals surface area contributed by atoms with Crippen molar-refractivity contribution in [1.29, 1.82) is 0 Å². The van der Waals surface area contributed by atoms with Gasteiger partial charge >= 0.3 is 12.4 Å². The summed E-state index contributed by atoms with van der Waals surface area (Å²) in [6.07, 6.45) is -1.77. The van der Waals surface area contributed by atoms with E-state index in [9.17, 15) is 26.3 Å². The Bertz CT molecular complexity index is 609. The van der Waals surface area contributed by atoms with Crippen LogP contribution in [0, 0.1) is 46.3 Å². The lowest BCUT2D eigenvalue weighted by molar-refractivity contribution is -0.208. The largest absolute Gasteiger partial charge is 0.391 e. The van der Waals surface area contributed by atoms with Crippen molar-refractivity contribution in [3.8, 4) is 0 Å². The maximum atomic E-state index is 13.3.